The van der Waals surface area contributed by atoms with Crippen molar-refractivity contribution in [1.29, 1.82) is 0 Å². The molecule has 0 heterocycles. The summed E-state index contributed by atoms with van der Waals surface area (Å²) in [5.41, 5.74) is 3.00. The molecule has 1 aliphatic rings. The maximum absolute atomic E-state index is 14.0. The summed E-state index contributed by atoms with van der Waals surface area (Å²) in [6.07, 6.45) is 3.67. The Labute approximate surface area is 118 Å². The van der Waals surface area contributed by atoms with Crippen LogP contribution in [0.4, 0.5) is 8.78 Å². The van der Waals surface area contributed by atoms with E-state index < -0.39 is 11.6 Å². The van der Waals surface area contributed by atoms with Gasteiger partial charge in [0.15, 0.2) is 0 Å². The molecule has 1 aromatic rings. The van der Waals surface area contributed by atoms with Crippen molar-refractivity contribution in [2.75, 3.05) is 20.3 Å². The molecule has 0 N–H and O–H groups in total. The van der Waals surface area contributed by atoms with E-state index in [-0.39, 0.29) is 12.4 Å². The number of methoxy groups -OCH3 is 1. The van der Waals surface area contributed by atoms with Crippen LogP contribution in [0.15, 0.2) is 23.3 Å². The topological polar surface area (TPSA) is 18.5 Å². The van der Waals surface area contributed by atoms with Crippen molar-refractivity contribution in [3.05, 3.63) is 40.5 Å². The van der Waals surface area contributed by atoms with Crippen LogP contribution in [0, 0.1) is 11.6 Å². The number of allylic oxidation sites excluding steroid dienone is 2. The van der Waals surface area contributed by atoms with Gasteiger partial charge in [0, 0.05) is 31.2 Å². The molecule has 0 amide bonds. The van der Waals surface area contributed by atoms with E-state index in [1.165, 1.54) is 17.2 Å². The minimum Gasteiger partial charge on any atom is -0.491 e. The fourth-order valence-corrected chi connectivity index (χ4v) is 2.52. The number of benzene rings is 1. The Morgan fingerprint density at radius 2 is 1.95 bits per heavy atom. The van der Waals surface area contributed by atoms with Crippen molar-refractivity contribution in [3.63, 3.8) is 0 Å². The lowest BCUT2D eigenvalue weighted by Gasteiger charge is -2.13. The van der Waals surface area contributed by atoms with Gasteiger partial charge >= 0.3 is 0 Å². The van der Waals surface area contributed by atoms with E-state index in [9.17, 15) is 8.78 Å². The van der Waals surface area contributed by atoms with E-state index in [0.29, 0.717) is 18.6 Å². The van der Waals surface area contributed by atoms with Crippen LogP contribution in [-0.4, -0.2) is 20.3 Å². The number of hydrogen-bond donors (Lipinski definition) is 0. The summed E-state index contributed by atoms with van der Waals surface area (Å²) in [6.45, 7) is 2.75. The Hall–Kier alpha value is -1.42. The summed E-state index contributed by atoms with van der Waals surface area (Å²) in [4.78, 5) is 0. The summed E-state index contributed by atoms with van der Waals surface area (Å²) >= 11 is 0. The minimum absolute atomic E-state index is 0.282. The van der Waals surface area contributed by atoms with Gasteiger partial charge in [0.2, 0.25) is 0 Å². The average molecular weight is 282 g/mol. The molecule has 0 unspecified atom stereocenters. The van der Waals surface area contributed by atoms with E-state index in [1.807, 2.05) is 0 Å². The highest BCUT2D eigenvalue weighted by Crippen LogP contribution is 2.32. The van der Waals surface area contributed by atoms with Gasteiger partial charge in [0.1, 0.15) is 24.0 Å². The lowest BCUT2D eigenvalue weighted by Crippen LogP contribution is -2.08. The van der Waals surface area contributed by atoms with E-state index >= 15 is 0 Å². The zero-order valence-corrected chi connectivity index (χ0v) is 12.0. The summed E-state index contributed by atoms with van der Waals surface area (Å²) in [5, 5.41) is 0. The van der Waals surface area contributed by atoms with Crippen LogP contribution in [0.2, 0.25) is 0 Å². The fraction of sp³-hybridized carbons (Fsp3) is 0.500. The zero-order valence-electron chi connectivity index (χ0n) is 12.0. The van der Waals surface area contributed by atoms with Crippen LogP contribution in [0.5, 0.6) is 5.75 Å². The molecule has 1 aromatic carbocycles. The highest BCUT2D eigenvalue weighted by Gasteiger charge is 2.18. The van der Waals surface area contributed by atoms with Crippen molar-refractivity contribution >= 4 is 0 Å². The Kier molecular flexibility index (Phi) is 5.12. The van der Waals surface area contributed by atoms with Gasteiger partial charge in [-0.25, -0.2) is 8.78 Å². The molecule has 0 radical (unpaired) electrons. The third-order valence-corrected chi connectivity index (χ3v) is 3.69. The molecule has 0 spiro atoms. The van der Waals surface area contributed by atoms with Crippen LogP contribution >= 0.6 is 0 Å². The molecule has 4 heteroatoms. The molecule has 0 atom stereocenters. The molecule has 0 saturated heterocycles. The summed E-state index contributed by atoms with van der Waals surface area (Å²) in [7, 11) is 1.56. The Balaban J connectivity index is 2.23. The van der Waals surface area contributed by atoms with Crippen molar-refractivity contribution in [2.45, 2.75) is 32.6 Å². The predicted molar refractivity (Wildman–Crippen MR) is 74.0 cm³/mol. The average Bonchev–Trinajstić information content (AvgIpc) is 2.79. The maximum atomic E-state index is 14.0. The zero-order chi connectivity index (χ0) is 14.5. The third kappa shape index (κ3) is 3.57. The first-order chi connectivity index (χ1) is 9.61. The molecule has 2 rings (SSSR count). The second-order valence-corrected chi connectivity index (χ2v) is 5.12. The SMILES string of the molecule is COCCOc1cc(F)cc(F)c1CC1=C(C)CCC1. The van der Waals surface area contributed by atoms with Gasteiger partial charge in [-0.1, -0.05) is 11.1 Å². The Bertz CT molecular complexity index is 509. The van der Waals surface area contributed by atoms with Gasteiger partial charge in [-0.05, 0) is 26.2 Å². The molecule has 0 fully saturated rings. The van der Waals surface area contributed by atoms with E-state index in [4.69, 9.17) is 9.47 Å². The van der Waals surface area contributed by atoms with Gasteiger partial charge in [-0.2, -0.15) is 0 Å². The fourth-order valence-electron chi connectivity index (χ4n) is 2.52. The van der Waals surface area contributed by atoms with Crippen LogP contribution in [-0.2, 0) is 11.2 Å². The first kappa shape index (κ1) is 15.0. The molecule has 0 bridgehead atoms. The quantitative estimate of drug-likeness (QED) is 0.579. The van der Waals surface area contributed by atoms with Gasteiger partial charge in [0.05, 0.1) is 6.61 Å². The highest BCUT2D eigenvalue weighted by atomic mass is 19.1. The van der Waals surface area contributed by atoms with E-state index in [2.05, 4.69) is 6.92 Å². The summed E-state index contributed by atoms with van der Waals surface area (Å²) < 4.78 is 37.7. The first-order valence-corrected chi connectivity index (χ1v) is 6.89. The number of rotatable bonds is 6. The van der Waals surface area contributed by atoms with Crippen LogP contribution in [0.3, 0.4) is 0 Å². The predicted octanol–water partition coefficient (Wildman–Crippen LogP) is 4.03. The van der Waals surface area contributed by atoms with Crippen molar-refractivity contribution in [1.82, 2.24) is 0 Å². The Morgan fingerprint density at radius 3 is 2.60 bits per heavy atom. The van der Waals surface area contributed by atoms with Crippen LogP contribution < -0.4 is 4.74 Å². The first-order valence-electron chi connectivity index (χ1n) is 6.89. The molecular weight excluding hydrogens is 262 g/mol. The van der Waals surface area contributed by atoms with Crippen molar-refractivity contribution in [3.8, 4) is 5.75 Å². The van der Waals surface area contributed by atoms with Gasteiger partial charge < -0.3 is 9.47 Å². The maximum Gasteiger partial charge on any atom is 0.133 e. The molecule has 2 nitrogen and oxygen atoms in total. The normalized spacial score (nSPS) is 15.0. The lowest BCUT2D eigenvalue weighted by atomic mass is 10.0. The second-order valence-electron chi connectivity index (χ2n) is 5.12. The van der Waals surface area contributed by atoms with Crippen molar-refractivity contribution in [2.24, 2.45) is 0 Å². The van der Waals surface area contributed by atoms with Gasteiger partial charge in [0.25, 0.3) is 0 Å². The monoisotopic (exact) mass is 282 g/mol. The highest BCUT2D eigenvalue weighted by molar-refractivity contribution is 5.39. The summed E-state index contributed by atoms with van der Waals surface area (Å²) in [6, 6.07) is 2.17. The van der Waals surface area contributed by atoms with Crippen molar-refractivity contribution < 1.29 is 18.3 Å². The number of halogens is 2. The molecule has 1 aliphatic carbocycles. The number of hydrogen-bond acceptors (Lipinski definition) is 2. The third-order valence-electron chi connectivity index (χ3n) is 3.69. The second kappa shape index (κ2) is 6.84. The molecule has 0 saturated carbocycles. The van der Waals surface area contributed by atoms with Gasteiger partial charge in [-0.15, -0.1) is 0 Å². The molecule has 0 aromatic heterocycles. The molecule has 20 heavy (non-hydrogen) atoms. The van der Waals surface area contributed by atoms with E-state index in [0.717, 1.165) is 25.3 Å². The molecule has 110 valence electrons. The summed E-state index contributed by atoms with van der Waals surface area (Å²) in [5.74, 6) is -0.868. The standard InChI is InChI=1S/C16H20F2O2/c1-11-4-3-5-12(11)8-14-15(18)9-13(17)10-16(14)20-7-6-19-2/h9-10H,3-8H2,1-2H3. The number of ether oxygens (including phenoxy) is 2. The smallest absolute Gasteiger partial charge is 0.133 e. The largest absolute Gasteiger partial charge is 0.491 e. The van der Waals surface area contributed by atoms with E-state index in [1.54, 1.807) is 7.11 Å². The van der Waals surface area contributed by atoms with Crippen LogP contribution in [0.1, 0.15) is 31.7 Å². The molecule has 0 aliphatic heterocycles. The lowest BCUT2D eigenvalue weighted by molar-refractivity contribution is 0.145. The van der Waals surface area contributed by atoms with Crippen LogP contribution in [0.25, 0.3) is 0 Å². The molecular formula is C16H20F2O2. The van der Waals surface area contributed by atoms with Gasteiger partial charge in [-0.3, -0.25) is 0 Å². The minimum atomic E-state index is -0.615. The Morgan fingerprint density at radius 1 is 1.15 bits per heavy atom.